The minimum atomic E-state index is -0.306. The van der Waals surface area contributed by atoms with Crippen LogP contribution in [-0.4, -0.2) is 51.3 Å². The van der Waals surface area contributed by atoms with Crippen LogP contribution in [0.15, 0.2) is 5.11 Å². The van der Waals surface area contributed by atoms with Crippen molar-refractivity contribution in [2.45, 2.75) is 25.7 Å². The van der Waals surface area contributed by atoms with E-state index < -0.39 is 0 Å². The molecule has 8 heteroatoms. The molecule has 0 heterocycles. The third-order valence-electron chi connectivity index (χ3n) is 2.39. The molecule has 0 fully saturated rings. The van der Waals surface area contributed by atoms with Gasteiger partial charge in [-0.25, -0.2) is 0 Å². The van der Waals surface area contributed by atoms with Crippen LogP contribution in [0.3, 0.4) is 0 Å². The first-order valence-electron chi connectivity index (χ1n) is 6.80. The van der Waals surface area contributed by atoms with Crippen LogP contribution in [0.1, 0.15) is 25.7 Å². The number of carbonyl (C=O) groups is 1. The maximum absolute atomic E-state index is 11.0. The van der Waals surface area contributed by atoms with Crippen LogP contribution in [0.2, 0.25) is 0 Å². The molecule has 0 aromatic rings. The number of halogens is 1. The zero-order valence-electron chi connectivity index (χ0n) is 11.7. The van der Waals surface area contributed by atoms with Gasteiger partial charge in [0.05, 0.1) is 19.8 Å². The number of ether oxygens (including phenoxy) is 2. The Morgan fingerprint density at radius 1 is 1.10 bits per heavy atom. The molecule has 0 saturated carbocycles. The van der Waals surface area contributed by atoms with Crippen molar-refractivity contribution in [1.82, 2.24) is 5.32 Å². The van der Waals surface area contributed by atoms with Crippen LogP contribution in [-0.2, 0) is 14.3 Å². The van der Waals surface area contributed by atoms with Crippen molar-refractivity contribution in [3.63, 3.8) is 0 Å². The number of hydrogen-bond donors (Lipinski definition) is 1. The van der Waals surface area contributed by atoms with Crippen molar-refractivity contribution < 1.29 is 14.3 Å². The average Bonchev–Trinajstić information content (AvgIpc) is 2.46. The summed E-state index contributed by atoms with van der Waals surface area (Å²) >= 11 is 5.57. The van der Waals surface area contributed by atoms with Crippen LogP contribution in [0.4, 0.5) is 0 Å². The molecule has 1 N–H and O–H groups in total. The Morgan fingerprint density at radius 3 is 2.50 bits per heavy atom. The Balaban J connectivity index is 3.09. The smallest absolute Gasteiger partial charge is 0.225 e. The first kappa shape index (κ1) is 19.0. The minimum Gasteiger partial charge on any atom is -0.379 e. The molecule has 0 saturated heterocycles. The number of nitrogens with one attached hydrogen (secondary N) is 1. The first-order valence-corrected chi connectivity index (χ1v) is 7.33. The molecule has 0 radical (unpaired) electrons. The molecule has 0 rings (SSSR count). The van der Waals surface area contributed by atoms with E-state index in [0.29, 0.717) is 26.4 Å². The zero-order chi connectivity index (χ0) is 14.9. The zero-order valence-corrected chi connectivity index (χ0v) is 12.5. The van der Waals surface area contributed by atoms with Gasteiger partial charge in [-0.15, -0.1) is 11.6 Å². The maximum Gasteiger partial charge on any atom is 0.225 e. The van der Waals surface area contributed by atoms with E-state index in [1.165, 1.54) is 0 Å². The summed E-state index contributed by atoms with van der Waals surface area (Å²) in [5, 5.41) is 5.72. The lowest BCUT2D eigenvalue weighted by Gasteiger charge is -2.06. The molecule has 0 aliphatic heterocycles. The van der Waals surface area contributed by atoms with Gasteiger partial charge < -0.3 is 14.8 Å². The lowest BCUT2D eigenvalue weighted by molar-refractivity contribution is -0.119. The molecule has 0 unspecified atom stereocenters. The van der Waals surface area contributed by atoms with Crippen molar-refractivity contribution in [1.29, 1.82) is 0 Å². The van der Waals surface area contributed by atoms with Gasteiger partial charge in [0, 0.05) is 23.9 Å². The number of nitrogens with zero attached hydrogens (tertiary/aromatic N) is 3. The lowest BCUT2D eigenvalue weighted by Crippen LogP contribution is -2.29. The van der Waals surface area contributed by atoms with Crippen LogP contribution in [0.25, 0.3) is 10.4 Å². The quantitative estimate of drug-likeness (QED) is 0.175. The van der Waals surface area contributed by atoms with Gasteiger partial charge in [-0.05, 0) is 18.4 Å². The molecule has 1 amide bonds. The monoisotopic (exact) mass is 306 g/mol. The maximum atomic E-state index is 11.0. The highest BCUT2D eigenvalue weighted by atomic mass is 35.5. The van der Waals surface area contributed by atoms with Crippen molar-refractivity contribution in [3.8, 4) is 0 Å². The second kappa shape index (κ2) is 16.0. The van der Waals surface area contributed by atoms with Gasteiger partial charge in [-0.2, -0.15) is 0 Å². The average molecular weight is 307 g/mol. The highest BCUT2D eigenvalue weighted by molar-refractivity contribution is 6.17. The fourth-order valence-electron chi connectivity index (χ4n) is 1.39. The molecule has 0 atom stereocenters. The first-order chi connectivity index (χ1) is 9.81. The Hall–Kier alpha value is -1.01. The highest BCUT2D eigenvalue weighted by Crippen LogP contribution is 2.00. The van der Waals surface area contributed by atoms with E-state index in [9.17, 15) is 4.79 Å². The summed E-state index contributed by atoms with van der Waals surface area (Å²) in [7, 11) is 0. The van der Waals surface area contributed by atoms with E-state index >= 15 is 0 Å². The topological polar surface area (TPSA) is 96.3 Å². The molecule has 7 nitrogen and oxygen atoms in total. The van der Waals surface area contributed by atoms with E-state index in [1.54, 1.807) is 0 Å². The molecule has 0 aromatic heterocycles. The van der Waals surface area contributed by atoms with Crippen molar-refractivity contribution in [2.75, 3.05) is 45.4 Å². The Morgan fingerprint density at radius 2 is 1.80 bits per heavy atom. The summed E-state index contributed by atoms with van der Waals surface area (Å²) in [4.78, 5) is 13.5. The summed E-state index contributed by atoms with van der Waals surface area (Å²) in [6.45, 7) is 2.45. The number of azide groups is 1. The third-order valence-corrected chi connectivity index (χ3v) is 2.66. The number of rotatable bonds is 14. The fourth-order valence-corrected chi connectivity index (χ4v) is 1.58. The lowest BCUT2D eigenvalue weighted by atomic mass is 10.2. The van der Waals surface area contributed by atoms with Gasteiger partial charge in [0.1, 0.15) is 6.54 Å². The SMILES string of the molecule is [N-]=[N+]=NCC(=O)NCCOCCOCCCCCCCl. The summed E-state index contributed by atoms with van der Waals surface area (Å²) in [5.74, 6) is 0.424. The Labute approximate surface area is 124 Å². The van der Waals surface area contributed by atoms with Gasteiger partial charge in [0.15, 0.2) is 0 Å². The van der Waals surface area contributed by atoms with E-state index in [1.807, 2.05) is 0 Å². The number of amides is 1. The third kappa shape index (κ3) is 15.0. The highest BCUT2D eigenvalue weighted by Gasteiger charge is 1.97. The van der Waals surface area contributed by atoms with Crippen molar-refractivity contribution >= 4 is 17.5 Å². The second-order valence-corrected chi connectivity index (χ2v) is 4.44. The van der Waals surface area contributed by atoms with Crippen molar-refractivity contribution in [2.24, 2.45) is 5.11 Å². The molecule has 0 aromatic carbocycles. The minimum absolute atomic E-state index is 0.177. The summed E-state index contributed by atoms with van der Waals surface area (Å²) in [6.07, 6.45) is 4.41. The predicted molar refractivity (Wildman–Crippen MR) is 77.8 cm³/mol. The van der Waals surface area contributed by atoms with Gasteiger partial charge >= 0.3 is 0 Å². The van der Waals surface area contributed by atoms with Gasteiger partial charge in [0.2, 0.25) is 5.91 Å². The molecule has 0 bridgehead atoms. The molecular weight excluding hydrogens is 284 g/mol. The number of unbranched alkanes of at least 4 members (excludes halogenated alkanes) is 3. The Bertz CT molecular complexity index is 286. The molecular formula is C12H23ClN4O3. The standard InChI is InChI=1S/C12H23ClN4O3/c13-5-3-1-2-4-7-19-9-10-20-8-6-15-12(18)11-16-17-14/h1-11H2,(H,15,18). The molecule has 20 heavy (non-hydrogen) atoms. The number of hydrogen-bond acceptors (Lipinski definition) is 4. The molecule has 116 valence electrons. The fraction of sp³-hybridized carbons (Fsp3) is 0.917. The van der Waals surface area contributed by atoms with Crippen LogP contribution in [0.5, 0.6) is 0 Å². The number of alkyl halides is 1. The van der Waals surface area contributed by atoms with Gasteiger partial charge in [-0.1, -0.05) is 18.0 Å². The predicted octanol–water partition coefficient (Wildman–Crippen LogP) is 2.25. The molecule has 0 aliphatic rings. The van der Waals surface area contributed by atoms with Crippen LogP contribution >= 0.6 is 11.6 Å². The normalized spacial score (nSPS) is 10.1. The largest absolute Gasteiger partial charge is 0.379 e. The second-order valence-electron chi connectivity index (χ2n) is 4.07. The van der Waals surface area contributed by atoms with E-state index in [2.05, 4.69) is 15.3 Å². The summed E-state index contributed by atoms with van der Waals surface area (Å²) in [6, 6.07) is 0. The van der Waals surface area contributed by atoms with E-state index in [4.69, 9.17) is 26.6 Å². The van der Waals surface area contributed by atoms with Crippen LogP contribution < -0.4 is 5.32 Å². The van der Waals surface area contributed by atoms with Gasteiger partial charge in [-0.3, -0.25) is 4.79 Å². The number of carbonyl (C=O) groups excluding carboxylic acids is 1. The van der Waals surface area contributed by atoms with E-state index in [0.717, 1.165) is 38.2 Å². The van der Waals surface area contributed by atoms with Gasteiger partial charge in [0.25, 0.3) is 0 Å². The summed E-state index contributed by atoms with van der Waals surface area (Å²) in [5.41, 5.74) is 8.02. The molecule has 0 spiro atoms. The van der Waals surface area contributed by atoms with Crippen LogP contribution in [0, 0.1) is 0 Å². The van der Waals surface area contributed by atoms with E-state index in [-0.39, 0.29) is 12.5 Å². The van der Waals surface area contributed by atoms with Crippen molar-refractivity contribution in [3.05, 3.63) is 10.4 Å². The summed E-state index contributed by atoms with van der Waals surface area (Å²) < 4.78 is 10.7. The Kier molecular flexibility index (Phi) is 15.2. The molecule has 0 aliphatic carbocycles.